The predicted molar refractivity (Wildman–Crippen MR) is 141 cm³/mol. The van der Waals surface area contributed by atoms with Crippen molar-refractivity contribution in [2.75, 3.05) is 13.2 Å². The molecular weight excluding hydrogens is 504 g/mol. The van der Waals surface area contributed by atoms with Gasteiger partial charge in [-0.15, -0.1) is 0 Å². The average molecular weight is 529 g/mol. The van der Waals surface area contributed by atoms with Gasteiger partial charge >= 0.3 is 0 Å². The minimum Gasteiger partial charge on any atom is -0.504 e. The second-order valence-electron chi connectivity index (χ2n) is 7.11. The summed E-state index contributed by atoms with van der Waals surface area (Å²) in [6.07, 6.45) is 3.31. The number of hydrogen-bond donors (Lipinski definition) is 6. The average Bonchev–Trinajstić information content (AvgIpc) is 3.32. The topological polar surface area (TPSA) is 165 Å². The van der Waals surface area contributed by atoms with E-state index in [0.29, 0.717) is 34.5 Å². The molecule has 2 aromatic rings. The van der Waals surface area contributed by atoms with Gasteiger partial charge in [0.05, 0.1) is 23.0 Å². The number of thioether (sulfide) groups is 2. The van der Waals surface area contributed by atoms with Crippen LogP contribution < -0.4 is 20.1 Å². The van der Waals surface area contributed by atoms with Crippen molar-refractivity contribution in [3.05, 3.63) is 57.3 Å². The summed E-state index contributed by atoms with van der Waals surface area (Å²) in [5.41, 5.74) is 1.48. The van der Waals surface area contributed by atoms with Crippen molar-refractivity contribution in [2.24, 2.45) is 0 Å². The monoisotopic (exact) mass is 528 g/mol. The number of carbonyl (C=O) groups excluding carboxylic acids is 2. The van der Waals surface area contributed by atoms with Gasteiger partial charge in [-0.1, -0.05) is 12.1 Å². The molecule has 12 heteroatoms. The molecule has 2 amide bonds. The Balaban J connectivity index is 0.000000201. The quantitative estimate of drug-likeness (QED) is 0.308. The molecule has 0 bridgehead atoms. The summed E-state index contributed by atoms with van der Waals surface area (Å²) in [5, 5.41) is 38.8. The molecule has 2 aliphatic rings. The second kappa shape index (κ2) is 12.2. The Hall–Kier alpha value is -3.90. The van der Waals surface area contributed by atoms with Crippen LogP contribution in [0.4, 0.5) is 0 Å². The molecule has 0 atom stereocenters. The van der Waals surface area contributed by atoms with Gasteiger partial charge in [0.2, 0.25) is 0 Å². The van der Waals surface area contributed by atoms with Crippen molar-refractivity contribution in [2.45, 2.75) is 13.8 Å². The lowest BCUT2D eigenvalue weighted by molar-refractivity contribution is -0.116. The molecule has 2 saturated heterocycles. The number of ether oxygens (including phenoxy) is 2. The summed E-state index contributed by atoms with van der Waals surface area (Å²) in [6.45, 7) is 4.55. The van der Waals surface area contributed by atoms with Gasteiger partial charge in [0.25, 0.3) is 11.8 Å². The van der Waals surface area contributed by atoms with Gasteiger partial charge in [0.1, 0.15) is 0 Å². The number of amides is 2. The Labute approximate surface area is 215 Å². The van der Waals surface area contributed by atoms with Crippen LogP contribution in [0.15, 0.2) is 46.2 Å². The maximum absolute atomic E-state index is 11.4. The molecule has 0 aliphatic carbocycles. The Kier molecular flexibility index (Phi) is 9.03. The smallest absolute Gasteiger partial charge is 0.264 e. The molecule has 10 nitrogen and oxygen atoms in total. The van der Waals surface area contributed by atoms with Crippen molar-refractivity contribution in [1.29, 1.82) is 10.8 Å². The molecule has 6 N–H and O–H groups in total. The highest BCUT2D eigenvalue weighted by atomic mass is 32.2. The molecule has 0 aromatic heterocycles. The summed E-state index contributed by atoms with van der Waals surface area (Å²) in [6, 6.07) is 9.70. The molecular formula is C24H24N4O6S2. The van der Waals surface area contributed by atoms with Crippen LogP contribution in [-0.2, 0) is 9.59 Å². The Morgan fingerprint density at radius 2 is 1.17 bits per heavy atom. The van der Waals surface area contributed by atoms with Crippen LogP contribution in [-0.4, -0.2) is 45.6 Å². The van der Waals surface area contributed by atoms with Crippen LogP contribution in [0.25, 0.3) is 12.2 Å². The standard InChI is InChI=1S/2C12H12N2O3S/c2*1-2-17-9-5-7(3-4-8(9)15)6-10-11(16)14-12(13)18-10/h2*3-6,15H,2H2,1H3,(H2,13,14,16). The van der Waals surface area contributed by atoms with E-state index in [0.717, 1.165) is 34.7 Å². The van der Waals surface area contributed by atoms with Gasteiger partial charge < -0.3 is 30.3 Å². The minimum atomic E-state index is -0.281. The number of aromatic hydroxyl groups is 2. The number of hydrogen-bond acceptors (Lipinski definition) is 10. The number of amidine groups is 2. The van der Waals surface area contributed by atoms with E-state index >= 15 is 0 Å². The van der Waals surface area contributed by atoms with Crippen molar-refractivity contribution < 1.29 is 29.3 Å². The minimum absolute atomic E-state index is 0.0651. The number of benzene rings is 2. The van der Waals surface area contributed by atoms with Gasteiger partial charge in [-0.2, -0.15) is 0 Å². The fourth-order valence-corrected chi connectivity index (χ4v) is 4.37. The van der Waals surface area contributed by atoms with Gasteiger partial charge in [0.15, 0.2) is 33.3 Å². The van der Waals surface area contributed by atoms with E-state index < -0.39 is 0 Å². The SMILES string of the molecule is CCOc1cc(C=C2SC(=N)NC2=O)ccc1O.CCOc1cc(C=C2SC(=N)NC2=O)ccc1O. The maximum Gasteiger partial charge on any atom is 0.264 e. The predicted octanol–water partition coefficient (Wildman–Crippen LogP) is 3.86. The van der Waals surface area contributed by atoms with Crippen LogP contribution in [0, 0.1) is 10.8 Å². The maximum atomic E-state index is 11.4. The summed E-state index contributed by atoms with van der Waals surface area (Å²) < 4.78 is 10.5. The van der Waals surface area contributed by atoms with E-state index in [1.807, 2.05) is 13.8 Å². The summed E-state index contributed by atoms with van der Waals surface area (Å²) in [5.74, 6) is 0.327. The zero-order valence-corrected chi connectivity index (χ0v) is 21.0. The van der Waals surface area contributed by atoms with Gasteiger partial charge in [-0.05, 0) is 84.9 Å². The molecule has 0 unspecified atom stereocenters. The zero-order chi connectivity index (χ0) is 26.2. The molecule has 2 aromatic carbocycles. The zero-order valence-electron chi connectivity index (χ0n) is 19.4. The van der Waals surface area contributed by atoms with Gasteiger partial charge in [-0.3, -0.25) is 20.4 Å². The summed E-state index contributed by atoms with van der Waals surface area (Å²) >= 11 is 2.14. The first-order chi connectivity index (χ1) is 17.2. The number of phenolic OH excluding ortho intramolecular Hbond substituents is 2. The molecule has 0 saturated carbocycles. The van der Waals surface area contributed by atoms with Crippen molar-refractivity contribution in [3.8, 4) is 23.0 Å². The first kappa shape index (κ1) is 26.7. The van der Waals surface area contributed by atoms with Crippen LogP contribution in [0.1, 0.15) is 25.0 Å². The van der Waals surface area contributed by atoms with E-state index in [-0.39, 0.29) is 33.6 Å². The molecule has 4 rings (SSSR count). The molecule has 2 heterocycles. The Morgan fingerprint density at radius 3 is 1.47 bits per heavy atom. The molecule has 2 fully saturated rings. The molecule has 0 radical (unpaired) electrons. The molecule has 0 spiro atoms. The highest BCUT2D eigenvalue weighted by molar-refractivity contribution is 8.19. The van der Waals surface area contributed by atoms with Crippen molar-refractivity contribution in [1.82, 2.24) is 10.6 Å². The van der Waals surface area contributed by atoms with Crippen LogP contribution in [0.5, 0.6) is 23.0 Å². The third-order valence-corrected chi connectivity index (χ3v) is 6.15. The Morgan fingerprint density at radius 1 is 0.778 bits per heavy atom. The number of carbonyl (C=O) groups is 2. The normalized spacial score (nSPS) is 17.1. The first-order valence-electron chi connectivity index (χ1n) is 10.7. The number of nitrogens with one attached hydrogen (secondary N) is 4. The number of phenols is 2. The lowest BCUT2D eigenvalue weighted by atomic mass is 10.2. The molecule has 2 aliphatic heterocycles. The summed E-state index contributed by atoms with van der Waals surface area (Å²) in [4.78, 5) is 23.8. The van der Waals surface area contributed by atoms with E-state index in [9.17, 15) is 19.8 Å². The van der Waals surface area contributed by atoms with Gasteiger partial charge in [0, 0.05) is 0 Å². The molecule has 36 heavy (non-hydrogen) atoms. The van der Waals surface area contributed by atoms with Gasteiger partial charge in [-0.25, -0.2) is 0 Å². The van der Waals surface area contributed by atoms with E-state index in [1.54, 1.807) is 36.4 Å². The van der Waals surface area contributed by atoms with E-state index in [2.05, 4.69) is 10.6 Å². The third-order valence-electron chi connectivity index (χ3n) is 4.49. The van der Waals surface area contributed by atoms with E-state index in [1.165, 1.54) is 12.1 Å². The summed E-state index contributed by atoms with van der Waals surface area (Å²) in [7, 11) is 0. The van der Waals surface area contributed by atoms with Crippen LogP contribution >= 0.6 is 23.5 Å². The fraction of sp³-hybridized carbons (Fsp3) is 0.167. The lowest BCUT2D eigenvalue weighted by Crippen LogP contribution is -2.18. The first-order valence-corrected chi connectivity index (χ1v) is 12.3. The second-order valence-corrected chi connectivity index (χ2v) is 9.21. The fourth-order valence-electron chi connectivity index (χ4n) is 2.97. The van der Waals surface area contributed by atoms with Crippen molar-refractivity contribution >= 4 is 57.8 Å². The Bertz CT molecular complexity index is 1180. The largest absolute Gasteiger partial charge is 0.504 e. The van der Waals surface area contributed by atoms with E-state index in [4.69, 9.17) is 20.3 Å². The highest BCUT2D eigenvalue weighted by Gasteiger charge is 2.23. The van der Waals surface area contributed by atoms with Crippen molar-refractivity contribution in [3.63, 3.8) is 0 Å². The highest BCUT2D eigenvalue weighted by Crippen LogP contribution is 2.31. The molecule has 188 valence electrons. The van der Waals surface area contributed by atoms with Crippen LogP contribution in [0.3, 0.4) is 0 Å². The van der Waals surface area contributed by atoms with Crippen LogP contribution in [0.2, 0.25) is 0 Å². The lowest BCUT2D eigenvalue weighted by Gasteiger charge is -2.06. The third kappa shape index (κ3) is 7.06. The number of rotatable bonds is 6.